The lowest BCUT2D eigenvalue weighted by molar-refractivity contribution is 0.0947. The molecule has 2 saturated heterocycles. The van der Waals surface area contributed by atoms with Gasteiger partial charge in [-0.3, -0.25) is 9.20 Å². The minimum Gasteiger partial charge on any atom is -0.494 e. The van der Waals surface area contributed by atoms with E-state index >= 15 is 0 Å². The van der Waals surface area contributed by atoms with Crippen molar-refractivity contribution in [3.05, 3.63) is 53.7 Å². The minimum atomic E-state index is -0.545. The number of likely N-dealkylation sites (tertiary alicyclic amines) is 1. The summed E-state index contributed by atoms with van der Waals surface area (Å²) in [5.41, 5.74) is 4.47. The molecular formula is C28H31FN8O2. The van der Waals surface area contributed by atoms with E-state index in [0.29, 0.717) is 29.0 Å². The van der Waals surface area contributed by atoms with Gasteiger partial charge in [-0.05, 0) is 57.4 Å². The number of carbonyl (C=O) groups excluding carboxylic acids is 1. The monoisotopic (exact) mass is 530 g/mol. The highest BCUT2D eigenvalue weighted by Crippen LogP contribution is 2.40. The molecule has 39 heavy (non-hydrogen) atoms. The van der Waals surface area contributed by atoms with Crippen LogP contribution in [0.25, 0.3) is 22.7 Å². The van der Waals surface area contributed by atoms with E-state index in [9.17, 15) is 9.18 Å². The summed E-state index contributed by atoms with van der Waals surface area (Å²) in [6, 6.07) is 5.91. The molecule has 2 atom stereocenters. The van der Waals surface area contributed by atoms with Crippen molar-refractivity contribution in [2.24, 2.45) is 0 Å². The quantitative estimate of drug-likeness (QED) is 0.409. The van der Waals surface area contributed by atoms with Crippen molar-refractivity contribution in [2.45, 2.75) is 50.7 Å². The van der Waals surface area contributed by atoms with Crippen LogP contribution in [0.1, 0.15) is 41.6 Å². The standard InChI is InChI=1S/C28H31FN8O2/c1-16-8-21(29)20(28(38)31-17-4-5-17)9-23(16)36-14-22(32-33-36)24-11-30-27-10-26(39-3)25(15-35(24)27)37-18-6-7-19(37)13-34(2)12-18/h8-11,14-15,17-19H,4-7,12-13H2,1-3H3,(H,31,38)/t18-,19+. The third-order valence-electron chi connectivity index (χ3n) is 8.20. The molecule has 2 bridgehead atoms. The van der Waals surface area contributed by atoms with Crippen LogP contribution in [0.3, 0.4) is 0 Å². The number of rotatable bonds is 6. The molecule has 1 N–H and O–H groups in total. The number of anilines is 1. The number of carbonyl (C=O) groups is 1. The molecule has 4 aromatic rings. The molecule has 202 valence electrons. The summed E-state index contributed by atoms with van der Waals surface area (Å²) >= 11 is 0. The normalized spacial score (nSPS) is 21.1. The Morgan fingerprint density at radius 2 is 1.85 bits per heavy atom. The lowest BCUT2D eigenvalue weighted by Crippen LogP contribution is -2.52. The Kier molecular flexibility index (Phi) is 5.58. The van der Waals surface area contributed by atoms with Crippen LogP contribution in [0.5, 0.6) is 5.75 Å². The van der Waals surface area contributed by atoms with Gasteiger partial charge in [0.1, 0.15) is 22.9 Å². The number of benzene rings is 1. The first-order chi connectivity index (χ1) is 18.9. The summed E-state index contributed by atoms with van der Waals surface area (Å²) in [6.45, 7) is 3.85. The second-order valence-corrected chi connectivity index (χ2v) is 11.0. The number of halogens is 1. The highest BCUT2D eigenvalue weighted by Gasteiger charge is 2.40. The SMILES string of the molecule is COc1cc2ncc(-c3cn(-c4cc(C(=O)NC5CC5)c(F)cc4C)nn3)n2cc1N1[C@@H]2CC[C@H]1CN(C)C2. The van der Waals surface area contributed by atoms with Crippen LogP contribution >= 0.6 is 0 Å². The van der Waals surface area contributed by atoms with Crippen LogP contribution in [0.2, 0.25) is 0 Å². The van der Waals surface area contributed by atoms with Crippen molar-refractivity contribution in [3.8, 4) is 22.8 Å². The summed E-state index contributed by atoms with van der Waals surface area (Å²) in [6.07, 6.45) is 9.85. The molecule has 1 amide bonds. The molecule has 1 aliphatic carbocycles. The van der Waals surface area contributed by atoms with Gasteiger partial charge >= 0.3 is 0 Å². The van der Waals surface area contributed by atoms with E-state index in [0.717, 1.165) is 48.7 Å². The maximum Gasteiger partial charge on any atom is 0.254 e. The van der Waals surface area contributed by atoms with Crippen LogP contribution in [-0.2, 0) is 0 Å². The molecule has 1 aromatic carbocycles. The second-order valence-electron chi connectivity index (χ2n) is 11.0. The maximum absolute atomic E-state index is 14.7. The molecular weight excluding hydrogens is 499 g/mol. The van der Waals surface area contributed by atoms with Crippen molar-refractivity contribution in [1.29, 1.82) is 0 Å². The third-order valence-corrected chi connectivity index (χ3v) is 8.20. The zero-order valence-electron chi connectivity index (χ0n) is 22.3. The Balaban J connectivity index is 1.26. The van der Waals surface area contributed by atoms with E-state index in [1.54, 1.807) is 37.2 Å². The number of likely N-dealkylation sites (N-methyl/N-ethyl adjacent to an activating group) is 1. The average Bonchev–Trinajstić information content (AvgIpc) is 3.31. The first-order valence-corrected chi connectivity index (χ1v) is 13.5. The molecule has 0 radical (unpaired) electrons. The number of pyridine rings is 1. The lowest BCUT2D eigenvalue weighted by atomic mass is 10.1. The third kappa shape index (κ3) is 4.12. The predicted octanol–water partition coefficient (Wildman–Crippen LogP) is 3.21. The van der Waals surface area contributed by atoms with E-state index in [1.807, 2.05) is 10.5 Å². The molecule has 2 aliphatic heterocycles. The van der Waals surface area contributed by atoms with Crippen molar-refractivity contribution >= 4 is 17.2 Å². The van der Waals surface area contributed by atoms with E-state index in [-0.39, 0.29) is 11.6 Å². The Morgan fingerprint density at radius 3 is 2.56 bits per heavy atom. The number of aromatic nitrogens is 5. The number of methoxy groups -OCH3 is 1. The molecule has 5 heterocycles. The summed E-state index contributed by atoms with van der Waals surface area (Å²) in [5, 5.41) is 11.6. The number of ether oxygens (including phenoxy) is 1. The fraction of sp³-hybridized carbons (Fsp3) is 0.429. The molecule has 0 unspecified atom stereocenters. The molecule has 0 spiro atoms. The van der Waals surface area contributed by atoms with Gasteiger partial charge in [-0.2, -0.15) is 0 Å². The van der Waals surface area contributed by atoms with Crippen LogP contribution < -0.4 is 15.0 Å². The number of aryl methyl sites for hydroxylation is 1. The van der Waals surface area contributed by atoms with Crippen molar-refractivity contribution < 1.29 is 13.9 Å². The van der Waals surface area contributed by atoms with Gasteiger partial charge in [-0.25, -0.2) is 14.1 Å². The number of nitrogens with zero attached hydrogens (tertiary/aromatic N) is 7. The molecule has 3 fully saturated rings. The molecule has 3 aromatic heterocycles. The van der Waals surface area contributed by atoms with Crippen LogP contribution in [0.4, 0.5) is 10.1 Å². The first-order valence-electron chi connectivity index (χ1n) is 13.5. The zero-order valence-corrected chi connectivity index (χ0v) is 22.3. The fourth-order valence-corrected chi connectivity index (χ4v) is 6.12. The summed E-state index contributed by atoms with van der Waals surface area (Å²) in [5.74, 6) is -0.141. The second kappa shape index (κ2) is 9.04. The summed E-state index contributed by atoms with van der Waals surface area (Å²) < 4.78 is 24.1. The number of amides is 1. The van der Waals surface area contributed by atoms with Crippen molar-refractivity contribution in [3.63, 3.8) is 0 Å². The maximum atomic E-state index is 14.7. The summed E-state index contributed by atoms with van der Waals surface area (Å²) in [7, 11) is 3.89. The van der Waals surface area contributed by atoms with Crippen LogP contribution in [-0.4, -0.2) is 80.6 Å². The average molecular weight is 531 g/mol. The van der Waals surface area contributed by atoms with Crippen LogP contribution in [0, 0.1) is 12.7 Å². The van der Waals surface area contributed by atoms with Gasteiger partial charge in [0.25, 0.3) is 5.91 Å². The number of nitrogens with one attached hydrogen (secondary N) is 1. The Labute approximate surface area is 225 Å². The molecule has 7 rings (SSSR count). The Bertz CT molecular complexity index is 1580. The Morgan fingerprint density at radius 1 is 1.08 bits per heavy atom. The van der Waals surface area contributed by atoms with Gasteiger partial charge in [0.15, 0.2) is 0 Å². The Hall–Kier alpha value is -3.99. The smallest absolute Gasteiger partial charge is 0.254 e. The number of hydrogen-bond acceptors (Lipinski definition) is 7. The minimum absolute atomic E-state index is 0.00731. The fourth-order valence-electron chi connectivity index (χ4n) is 6.12. The van der Waals surface area contributed by atoms with Crippen LogP contribution in [0.15, 0.2) is 36.8 Å². The van der Waals surface area contributed by atoms with Gasteiger partial charge in [0.05, 0.1) is 42.1 Å². The predicted molar refractivity (Wildman–Crippen MR) is 144 cm³/mol. The van der Waals surface area contributed by atoms with Gasteiger partial charge in [0, 0.05) is 43.5 Å². The van der Waals surface area contributed by atoms with E-state index < -0.39 is 11.7 Å². The van der Waals surface area contributed by atoms with E-state index in [4.69, 9.17) is 4.74 Å². The van der Waals surface area contributed by atoms with Gasteiger partial charge in [0.2, 0.25) is 0 Å². The first kappa shape index (κ1) is 24.1. The number of imidazole rings is 1. The lowest BCUT2D eigenvalue weighted by Gasteiger charge is -2.41. The highest BCUT2D eigenvalue weighted by atomic mass is 19.1. The molecule has 11 heteroatoms. The van der Waals surface area contributed by atoms with Gasteiger partial charge < -0.3 is 19.9 Å². The molecule has 10 nitrogen and oxygen atoms in total. The molecule has 1 saturated carbocycles. The van der Waals surface area contributed by atoms with Gasteiger partial charge in [-0.1, -0.05) is 5.21 Å². The van der Waals surface area contributed by atoms with E-state index in [1.165, 1.54) is 18.9 Å². The summed E-state index contributed by atoms with van der Waals surface area (Å²) in [4.78, 5) is 22.1. The van der Waals surface area contributed by atoms with Crippen molar-refractivity contribution in [1.82, 2.24) is 34.6 Å². The van der Waals surface area contributed by atoms with E-state index in [2.05, 4.69) is 43.7 Å². The number of piperazine rings is 1. The number of fused-ring (bicyclic) bond motifs is 3. The molecule has 3 aliphatic rings. The van der Waals surface area contributed by atoms with Crippen molar-refractivity contribution in [2.75, 3.05) is 32.1 Å². The number of hydrogen-bond donors (Lipinski definition) is 1. The highest BCUT2D eigenvalue weighted by molar-refractivity contribution is 5.95. The van der Waals surface area contributed by atoms with Gasteiger partial charge in [-0.15, -0.1) is 5.10 Å². The topological polar surface area (TPSA) is 92.8 Å². The zero-order chi connectivity index (χ0) is 26.8. The largest absolute Gasteiger partial charge is 0.494 e.